The molecule has 0 saturated carbocycles. The number of halogens is 1. The SMILES string of the molecule is Cc1ccc(Nc2ccc(N)c(C(N)=O)c2)cc1F. The van der Waals surface area contributed by atoms with E-state index in [2.05, 4.69) is 5.32 Å². The Morgan fingerprint density at radius 1 is 1.16 bits per heavy atom. The molecule has 0 aliphatic rings. The van der Waals surface area contributed by atoms with Gasteiger partial charge in [0.25, 0.3) is 5.91 Å². The van der Waals surface area contributed by atoms with Crippen molar-refractivity contribution in [1.29, 1.82) is 0 Å². The van der Waals surface area contributed by atoms with Gasteiger partial charge in [0, 0.05) is 17.1 Å². The fourth-order valence-electron chi connectivity index (χ4n) is 1.68. The van der Waals surface area contributed by atoms with Crippen LogP contribution in [0.25, 0.3) is 0 Å². The summed E-state index contributed by atoms with van der Waals surface area (Å²) in [6.45, 7) is 1.69. The molecule has 2 aromatic rings. The molecule has 19 heavy (non-hydrogen) atoms. The zero-order chi connectivity index (χ0) is 14.0. The second-order valence-corrected chi connectivity index (χ2v) is 4.26. The van der Waals surface area contributed by atoms with Gasteiger partial charge in [-0.05, 0) is 42.8 Å². The molecule has 0 bridgehead atoms. The highest BCUT2D eigenvalue weighted by Gasteiger charge is 2.07. The zero-order valence-corrected chi connectivity index (χ0v) is 10.4. The molecule has 0 spiro atoms. The molecule has 0 unspecified atom stereocenters. The highest BCUT2D eigenvalue weighted by molar-refractivity contribution is 5.99. The van der Waals surface area contributed by atoms with E-state index in [1.54, 1.807) is 31.2 Å². The molecule has 0 saturated heterocycles. The van der Waals surface area contributed by atoms with Crippen molar-refractivity contribution in [1.82, 2.24) is 0 Å². The summed E-state index contributed by atoms with van der Waals surface area (Å²) < 4.78 is 13.4. The summed E-state index contributed by atoms with van der Waals surface area (Å²) in [5.41, 5.74) is 13.2. The summed E-state index contributed by atoms with van der Waals surface area (Å²) in [5.74, 6) is -0.896. The van der Waals surface area contributed by atoms with Gasteiger partial charge in [-0.25, -0.2) is 4.39 Å². The van der Waals surface area contributed by atoms with E-state index in [1.165, 1.54) is 12.1 Å². The van der Waals surface area contributed by atoms with Crippen molar-refractivity contribution in [2.75, 3.05) is 11.1 Å². The van der Waals surface area contributed by atoms with E-state index in [1.807, 2.05) is 0 Å². The Bertz CT molecular complexity index is 641. The van der Waals surface area contributed by atoms with Gasteiger partial charge in [0.15, 0.2) is 0 Å². The van der Waals surface area contributed by atoms with Crippen LogP contribution in [0.5, 0.6) is 0 Å². The molecule has 0 radical (unpaired) electrons. The third kappa shape index (κ3) is 2.82. The third-order valence-corrected chi connectivity index (χ3v) is 2.78. The second kappa shape index (κ2) is 4.97. The first kappa shape index (κ1) is 12.9. The molecule has 2 rings (SSSR count). The summed E-state index contributed by atoms with van der Waals surface area (Å²) in [6.07, 6.45) is 0. The van der Waals surface area contributed by atoms with Crippen molar-refractivity contribution in [3.05, 3.63) is 53.3 Å². The first-order chi connectivity index (χ1) is 8.97. The molecule has 0 aromatic heterocycles. The lowest BCUT2D eigenvalue weighted by Gasteiger charge is -2.09. The first-order valence-corrected chi connectivity index (χ1v) is 5.70. The smallest absolute Gasteiger partial charge is 0.250 e. The van der Waals surface area contributed by atoms with Crippen LogP contribution in [0.4, 0.5) is 21.5 Å². The summed E-state index contributed by atoms with van der Waals surface area (Å²) >= 11 is 0. The molecule has 0 fully saturated rings. The van der Waals surface area contributed by atoms with Crippen LogP contribution >= 0.6 is 0 Å². The Balaban J connectivity index is 2.30. The standard InChI is InChI=1S/C14H14FN3O/c1-8-2-3-10(7-12(8)15)18-9-4-5-13(16)11(6-9)14(17)19/h2-7,18H,16H2,1H3,(H2,17,19). The number of anilines is 3. The number of nitrogens with one attached hydrogen (secondary N) is 1. The van der Waals surface area contributed by atoms with Gasteiger partial charge in [0.1, 0.15) is 5.82 Å². The van der Waals surface area contributed by atoms with Crippen molar-refractivity contribution < 1.29 is 9.18 Å². The van der Waals surface area contributed by atoms with Crippen molar-refractivity contribution in [2.45, 2.75) is 6.92 Å². The third-order valence-electron chi connectivity index (χ3n) is 2.78. The molecule has 5 N–H and O–H groups in total. The maximum absolute atomic E-state index is 13.4. The van der Waals surface area contributed by atoms with Gasteiger partial charge in [0.2, 0.25) is 0 Å². The quantitative estimate of drug-likeness (QED) is 0.741. The molecule has 0 heterocycles. The minimum atomic E-state index is -0.601. The van der Waals surface area contributed by atoms with Crippen molar-refractivity contribution in [2.24, 2.45) is 5.73 Å². The maximum atomic E-state index is 13.4. The minimum absolute atomic E-state index is 0.234. The number of rotatable bonds is 3. The number of nitrogens with two attached hydrogens (primary N) is 2. The van der Waals surface area contributed by atoms with E-state index in [4.69, 9.17) is 11.5 Å². The summed E-state index contributed by atoms with van der Waals surface area (Å²) in [6, 6.07) is 9.61. The molecular weight excluding hydrogens is 245 g/mol. The molecule has 2 aromatic carbocycles. The van der Waals surface area contributed by atoms with Gasteiger partial charge in [-0.15, -0.1) is 0 Å². The van der Waals surface area contributed by atoms with Gasteiger partial charge in [-0.1, -0.05) is 6.07 Å². The van der Waals surface area contributed by atoms with Gasteiger partial charge in [0.05, 0.1) is 5.56 Å². The van der Waals surface area contributed by atoms with E-state index in [0.29, 0.717) is 22.6 Å². The fraction of sp³-hybridized carbons (Fsp3) is 0.0714. The Hall–Kier alpha value is -2.56. The van der Waals surface area contributed by atoms with Crippen LogP contribution in [0.1, 0.15) is 15.9 Å². The topological polar surface area (TPSA) is 81.1 Å². The number of carbonyl (C=O) groups excluding carboxylic acids is 1. The summed E-state index contributed by atoms with van der Waals surface area (Å²) in [4.78, 5) is 11.2. The van der Waals surface area contributed by atoms with E-state index in [9.17, 15) is 9.18 Å². The molecule has 0 aliphatic carbocycles. The molecule has 0 atom stereocenters. The van der Waals surface area contributed by atoms with Crippen LogP contribution in [0, 0.1) is 12.7 Å². The van der Waals surface area contributed by atoms with Gasteiger partial charge in [-0.3, -0.25) is 4.79 Å². The molecule has 5 heteroatoms. The predicted octanol–water partition coefficient (Wildman–Crippen LogP) is 2.56. The van der Waals surface area contributed by atoms with Crippen LogP contribution in [-0.4, -0.2) is 5.91 Å². The zero-order valence-electron chi connectivity index (χ0n) is 10.4. The number of carbonyl (C=O) groups is 1. The van der Waals surface area contributed by atoms with Gasteiger partial charge < -0.3 is 16.8 Å². The molecule has 0 aliphatic heterocycles. The highest BCUT2D eigenvalue weighted by Crippen LogP contribution is 2.22. The van der Waals surface area contributed by atoms with E-state index >= 15 is 0 Å². The average Bonchev–Trinajstić information content (AvgIpc) is 2.36. The molecular formula is C14H14FN3O. The second-order valence-electron chi connectivity index (χ2n) is 4.26. The largest absolute Gasteiger partial charge is 0.398 e. The van der Waals surface area contributed by atoms with Crippen molar-refractivity contribution in [3.63, 3.8) is 0 Å². The number of hydrogen-bond acceptors (Lipinski definition) is 3. The number of aryl methyl sites for hydroxylation is 1. The molecule has 1 amide bonds. The number of primary amides is 1. The van der Waals surface area contributed by atoms with Gasteiger partial charge in [-0.2, -0.15) is 0 Å². The van der Waals surface area contributed by atoms with E-state index in [0.717, 1.165) is 0 Å². The monoisotopic (exact) mass is 259 g/mol. The number of amides is 1. The van der Waals surface area contributed by atoms with Crippen LogP contribution in [0.15, 0.2) is 36.4 Å². The molecule has 4 nitrogen and oxygen atoms in total. The minimum Gasteiger partial charge on any atom is -0.398 e. The van der Waals surface area contributed by atoms with Crippen LogP contribution in [-0.2, 0) is 0 Å². The Morgan fingerprint density at radius 2 is 1.79 bits per heavy atom. The normalized spacial score (nSPS) is 10.2. The number of hydrogen-bond donors (Lipinski definition) is 3. The lowest BCUT2D eigenvalue weighted by Crippen LogP contribution is -2.13. The Kier molecular flexibility index (Phi) is 3.37. The first-order valence-electron chi connectivity index (χ1n) is 5.70. The lowest BCUT2D eigenvalue weighted by molar-refractivity contribution is 0.100. The number of nitrogen functional groups attached to an aromatic ring is 1. The Morgan fingerprint density at radius 3 is 2.42 bits per heavy atom. The van der Waals surface area contributed by atoms with Crippen LogP contribution in [0.3, 0.4) is 0 Å². The van der Waals surface area contributed by atoms with Gasteiger partial charge >= 0.3 is 0 Å². The molecule has 98 valence electrons. The van der Waals surface area contributed by atoms with E-state index in [-0.39, 0.29) is 11.4 Å². The highest BCUT2D eigenvalue weighted by atomic mass is 19.1. The summed E-state index contributed by atoms with van der Waals surface area (Å²) in [7, 11) is 0. The van der Waals surface area contributed by atoms with Crippen molar-refractivity contribution >= 4 is 23.0 Å². The predicted molar refractivity (Wildman–Crippen MR) is 73.8 cm³/mol. The fourth-order valence-corrected chi connectivity index (χ4v) is 1.68. The average molecular weight is 259 g/mol. The van der Waals surface area contributed by atoms with Crippen LogP contribution in [0.2, 0.25) is 0 Å². The summed E-state index contributed by atoms with van der Waals surface area (Å²) in [5, 5.41) is 2.99. The van der Waals surface area contributed by atoms with E-state index < -0.39 is 5.91 Å². The number of benzene rings is 2. The van der Waals surface area contributed by atoms with Crippen molar-refractivity contribution in [3.8, 4) is 0 Å². The van der Waals surface area contributed by atoms with Crippen LogP contribution < -0.4 is 16.8 Å². The Labute approximate surface area is 110 Å². The lowest BCUT2D eigenvalue weighted by atomic mass is 10.1. The maximum Gasteiger partial charge on any atom is 0.250 e.